The van der Waals surface area contributed by atoms with Gasteiger partial charge in [-0.1, -0.05) is 13.8 Å². The van der Waals surface area contributed by atoms with E-state index in [9.17, 15) is 4.79 Å². The first-order chi connectivity index (χ1) is 8.20. The molecule has 2 heterocycles. The standard InChI is InChI=1S/C14H20N2O/c1-11(2)13-5-7-16(8-6-13)14-4-3-12(10-17)9-15-14/h3-4,9-11,13H,5-8H2,1-2H3. The summed E-state index contributed by atoms with van der Waals surface area (Å²) in [5, 5.41) is 0. The second-order valence-corrected chi connectivity index (χ2v) is 5.14. The van der Waals surface area contributed by atoms with Gasteiger partial charge in [0, 0.05) is 24.8 Å². The van der Waals surface area contributed by atoms with Crippen molar-refractivity contribution >= 4 is 12.1 Å². The molecule has 0 spiro atoms. The summed E-state index contributed by atoms with van der Waals surface area (Å²) in [6.07, 6.45) is 4.97. The van der Waals surface area contributed by atoms with Crippen LogP contribution in [0.15, 0.2) is 18.3 Å². The van der Waals surface area contributed by atoms with E-state index in [1.165, 1.54) is 12.8 Å². The fourth-order valence-electron chi connectivity index (χ4n) is 2.45. The van der Waals surface area contributed by atoms with Crippen LogP contribution < -0.4 is 4.90 Å². The second kappa shape index (κ2) is 5.30. The van der Waals surface area contributed by atoms with E-state index in [1.54, 1.807) is 6.20 Å². The maximum absolute atomic E-state index is 10.6. The highest BCUT2D eigenvalue weighted by molar-refractivity contribution is 5.74. The number of piperidine rings is 1. The van der Waals surface area contributed by atoms with Crippen LogP contribution in [0.25, 0.3) is 0 Å². The lowest BCUT2D eigenvalue weighted by Gasteiger charge is -2.34. The third kappa shape index (κ3) is 2.84. The van der Waals surface area contributed by atoms with Crippen LogP contribution in [0.1, 0.15) is 37.0 Å². The Balaban J connectivity index is 1.97. The van der Waals surface area contributed by atoms with Gasteiger partial charge in [0.2, 0.25) is 0 Å². The smallest absolute Gasteiger partial charge is 0.151 e. The van der Waals surface area contributed by atoms with Crippen LogP contribution in [-0.4, -0.2) is 24.4 Å². The van der Waals surface area contributed by atoms with E-state index in [2.05, 4.69) is 23.7 Å². The predicted molar refractivity (Wildman–Crippen MR) is 69.4 cm³/mol. The molecule has 1 aromatic heterocycles. The molecule has 1 fully saturated rings. The van der Waals surface area contributed by atoms with Crippen LogP contribution in [0.2, 0.25) is 0 Å². The van der Waals surface area contributed by atoms with Gasteiger partial charge in [-0.2, -0.15) is 0 Å². The number of pyridine rings is 1. The molecule has 92 valence electrons. The normalized spacial score (nSPS) is 17.5. The van der Waals surface area contributed by atoms with E-state index < -0.39 is 0 Å². The molecule has 3 nitrogen and oxygen atoms in total. The van der Waals surface area contributed by atoms with Crippen molar-refractivity contribution in [1.29, 1.82) is 0 Å². The molecule has 0 bridgehead atoms. The summed E-state index contributed by atoms with van der Waals surface area (Å²) >= 11 is 0. The zero-order chi connectivity index (χ0) is 12.3. The van der Waals surface area contributed by atoms with Crippen LogP contribution in [0.4, 0.5) is 5.82 Å². The van der Waals surface area contributed by atoms with E-state index in [4.69, 9.17) is 0 Å². The fraction of sp³-hybridized carbons (Fsp3) is 0.571. The first-order valence-electron chi connectivity index (χ1n) is 6.37. The zero-order valence-electron chi connectivity index (χ0n) is 10.6. The van der Waals surface area contributed by atoms with Gasteiger partial charge in [0.1, 0.15) is 5.82 Å². The summed E-state index contributed by atoms with van der Waals surface area (Å²) < 4.78 is 0. The minimum Gasteiger partial charge on any atom is -0.357 e. The number of anilines is 1. The Morgan fingerprint density at radius 1 is 1.35 bits per heavy atom. The molecule has 17 heavy (non-hydrogen) atoms. The summed E-state index contributed by atoms with van der Waals surface area (Å²) in [5.41, 5.74) is 0.644. The predicted octanol–water partition coefficient (Wildman–Crippen LogP) is 2.77. The number of hydrogen-bond acceptors (Lipinski definition) is 3. The third-order valence-electron chi connectivity index (χ3n) is 3.71. The molecule has 3 heteroatoms. The summed E-state index contributed by atoms with van der Waals surface area (Å²) in [4.78, 5) is 17.2. The molecule has 0 aliphatic carbocycles. The first kappa shape index (κ1) is 12.1. The first-order valence-corrected chi connectivity index (χ1v) is 6.37. The number of carbonyl (C=O) groups is 1. The highest BCUT2D eigenvalue weighted by atomic mass is 16.1. The minimum atomic E-state index is 0.644. The van der Waals surface area contributed by atoms with Crippen LogP contribution in [0.5, 0.6) is 0 Å². The Morgan fingerprint density at radius 3 is 2.53 bits per heavy atom. The van der Waals surface area contributed by atoms with Crippen molar-refractivity contribution in [3.63, 3.8) is 0 Å². The Morgan fingerprint density at radius 2 is 2.06 bits per heavy atom. The van der Waals surface area contributed by atoms with E-state index in [0.717, 1.165) is 37.0 Å². The lowest BCUT2D eigenvalue weighted by Crippen LogP contribution is -2.35. The average molecular weight is 232 g/mol. The Kier molecular flexibility index (Phi) is 3.77. The summed E-state index contributed by atoms with van der Waals surface area (Å²) in [6, 6.07) is 3.78. The number of carbonyl (C=O) groups excluding carboxylic acids is 1. The van der Waals surface area contributed by atoms with Crippen molar-refractivity contribution in [2.45, 2.75) is 26.7 Å². The van der Waals surface area contributed by atoms with Crippen molar-refractivity contribution in [2.75, 3.05) is 18.0 Å². The monoisotopic (exact) mass is 232 g/mol. The van der Waals surface area contributed by atoms with Crippen molar-refractivity contribution in [3.05, 3.63) is 23.9 Å². The number of aldehydes is 1. The van der Waals surface area contributed by atoms with E-state index in [1.807, 2.05) is 12.1 Å². The molecular formula is C14H20N2O. The van der Waals surface area contributed by atoms with Gasteiger partial charge in [-0.05, 0) is 36.8 Å². The average Bonchev–Trinajstić information content (AvgIpc) is 2.39. The van der Waals surface area contributed by atoms with Crippen molar-refractivity contribution in [2.24, 2.45) is 11.8 Å². The molecule has 0 aromatic carbocycles. The molecule has 0 unspecified atom stereocenters. The maximum atomic E-state index is 10.6. The SMILES string of the molecule is CC(C)C1CCN(c2ccc(C=O)cn2)CC1. The Hall–Kier alpha value is -1.38. The quantitative estimate of drug-likeness (QED) is 0.751. The molecule has 2 rings (SSSR count). The van der Waals surface area contributed by atoms with Gasteiger partial charge in [0.15, 0.2) is 6.29 Å². The molecule has 0 saturated carbocycles. The number of aromatic nitrogens is 1. The number of hydrogen-bond donors (Lipinski definition) is 0. The van der Waals surface area contributed by atoms with Crippen LogP contribution in [-0.2, 0) is 0 Å². The Bertz CT molecular complexity index is 364. The minimum absolute atomic E-state index is 0.644. The second-order valence-electron chi connectivity index (χ2n) is 5.14. The molecular weight excluding hydrogens is 212 g/mol. The highest BCUT2D eigenvalue weighted by Crippen LogP contribution is 2.26. The third-order valence-corrected chi connectivity index (χ3v) is 3.71. The summed E-state index contributed by atoms with van der Waals surface area (Å²) in [5.74, 6) is 2.63. The lowest BCUT2D eigenvalue weighted by atomic mass is 9.87. The molecule has 1 saturated heterocycles. The molecule has 0 radical (unpaired) electrons. The fourth-order valence-corrected chi connectivity index (χ4v) is 2.45. The summed E-state index contributed by atoms with van der Waals surface area (Å²) in [6.45, 7) is 6.77. The molecule has 1 aliphatic rings. The van der Waals surface area contributed by atoms with Gasteiger partial charge in [-0.25, -0.2) is 4.98 Å². The van der Waals surface area contributed by atoms with E-state index in [-0.39, 0.29) is 0 Å². The molecule has 0 atom stereocenters. The van der Waals surface area contributed by atoms with Crippen LogP contribution in [0.3, 0.4) is 0 Å². The molecule has 0 amide bonds. The lowest BCUT2D eigenvalue weighted by molar-refractivity contribution is 0.112. The van der Waals surface area contributed by atoms with Gasteiger partial charge in [0.25, 0.3) is 0 Å². The zero-order valence-corrected chi connectivity index (χ0v) is 10.6. The van der Waals surface area contributed by atoms with E-state index >= 15 is 0 Å². The maximum Gasteiger partial charge on any atom is 0.151 e. The topological polar surface area (TPSA) is 33.2 Å². The van der Waals surface area contributed by atoms with Crippen molar-refractivity contribution in [3.8, 4) is 0 Å². The molecule has 0 N–H and O–H groups in total. The molecule has 1 aromatic rings. The van der Waals surface area contributed by atoms with Gasteiger partial charge < -0.3 is 4.90 Å². The number of nitrogens with zero attached hydrogens (tertiary/aromatic N) is 2. The molecule has 1 aliphatic heterocycles. The Labute approximate surface area is 103 Å². The summed E-state index contributed by atoms with van der Waals surface area (Å²) in [7, 11) is 0. The van der Waals surface area contributed by atoms with E-state index in [0.29, 0.717) is 5.56 Å². The largest absolute Gasteiger partial charge is 0.357 e. The van der Waals surface area contributed by atoms with Gasteiger partial charge in [-0.3, -0.25) is 4.79 Å². The van der Waals surface area contributed by atoms with Gasteiger partial charge >= 0.3 is 0 Å². The number of rotatable bonds is 3. The van der Waals surface area contributed by atoms with Crippen molar-refractivity contribution in [1.82, 2.24) is 4.98 Å². The highest BCUT2D eigenvalue weighted by Gasteiger charge is 2.21. The van der Waals surface area contributed by atoms with Crippen LogP contribution >= 0.6 is 0 Å². The van der Waals surface area contributed by atoms with Crippen molar-refractivity contribution < 1.29 is 4.79 Å². The van der Waals surface area contributed by atoms with Gasteiger partial charge in [0.05, 0.1) is 0 Å². The van der Waals surface area contributed by atoms with Crippen LogP contribution in [0, 0.1) is 11.8 Å². The van der Waals surface area contributed by atoms with Gasteiger partial charge in [-0.15, -0.1) is 0 Å².